The van der Waals surface area contributed by atoms with Crippen LogP contribution >= 0.6 is 23.2 Å². The molecule has 0 saturated carbocycles. The second-order valence-electron chi connectivity index (χ2n) is 6.66. The highest BCUT2D eigenvalue weighted by Gasteiger charge is 2.35. The Morgan fingerprint density at radius 2 is 2.00 bits per heavy atom. The molecule has 1 saturated heterocycles. The lowest BCUT2D eigenvalue weighted by Crippen LogP contribution is -2.34. The Morgan fingerprint density at radius 3 is 2.68 bits per heavy atom. The van der Waals surface area contributed by atoms with E-state index in [9.17, 15) is 4.79 Å². The molecule has 6 heteroatoms. The Morgan fingerprint density at radius 1 is 1.24 bits per heavy atom. The van der Waals surface area contributed by atoms with E-state index in [0.717, 1.165) is 6.42 Å². The number of nitrogens with two attached hydrogens (primary N) is 1. The van der Waals surface area contributed by atoms with Gasteiger partial charge in [0.05, 0.1) is 10.6 Å². The number of hydrogen-bond donors (Lipinski definition) is 1. The van der Waals surface area contributed by atoms with Gasteiger partial charge in [-0.3, -0.25) is 4.79 Å². The summed E-state index contributed by atoms with van der Waals surface area (Å²) in [5, 5.41) is 0.923. The van der Waals surface area contributed by atoms with E-state index < -0.39 is 0 Å². The van der Waals surface area contributed by atoms with Gasteiger partial charge in [-0.25, -0.2) is 0 Å². The average Bonchev–Trinajstić information content (AvgIpc) is 3.00. The molecule has 1 aliphatic heterocycles. The number of ether oxygens (including phenoxy) is 1. The average molecular weight is 379 g/mol. The minimum atomic E-state index is -0.0575. The zero-order chi connectivity index (χ0) is 18.0. The number of carbonyl (C=O) groups excluding carboxylic acids is 1. The van der Waals surface area contributed by atoms with Crippen molar-refractivity contribution >= 4 is 29.1 Å². The topological polar surface area (TPSA) is 55.6 Å². The van der Waals surface area contributed by atoms with E-state index in [2.05, 4.69) is 6.92 Å². The van der Waals surface area contributed by atoms with Crippen LogP contribution in [0.25, 0.3) is 0 Å². The Labute approximate surface area is 157 Å². The molecule has 25 heavy (non-hydrogen) atoms. The fourth-order valence-corrected chi connectivity index (χ4v) is 3.39. The maximum absolute atomic E-state index is 13.0. The van der Waals surface area contributed by atoms with Crippen LogP contribution in [-0.4, -0.2) is 30.4 Å². The quantitative estimate of drug-likeness (QED) is 0.845. The Bertz CT molecular complexity index is 797. The number of nitrogens with zero attached hydrogens (tertiary/aromatic N) is 1. The van der Waals surface area contributed by atoms with Gasteiger partial charge in [0, 0.05) is 18.1 Å². The number of amides is 1. The highest BCUT2D eigenvalue weighted by molar-refractivity contribution is 6.35. The van der Waals surface area contributed by atoms with Crippen LogP contribution in [0.5, 0.6) is 11.5 Å². The number of halogens is 2. The third-order valence-electron chi connectivity index (χ3n) is 4.57. The summed E-state index contributed by atoms with van der Waals surface area (Å²) in [6, 6.07) is 12.2. The van der Waals surface area contributed by atoms with Crippen molar-refractivity contribution in [1.29, 1.82) is 0 Å². The molecule has 1 amide bonds. The van der Waals surface area contributed by atoms with Crippen LogP contribution in [0, 0.1) is 5.41 Å². The van der Waals surface area contributed by atoms with Crippen molar-refractivity contribution in [1.82, 2.24) is 4.90 Å². The maximum Gasteiger partial charge on any atom is 0.257 e. The summed E-state index contributed by atoms with van der Waals surface area (Å²) in [6.07, 6.45) is 0.904. The van der Waals surface area contributed by atoms with Crippen LogP contribution in [0.2, 0.25) is 10.0 Å². The molecule has 1 fully saturated rings. The highest BCUT2D eigenvalue weighted by atomic mass is 35.5. The molecule has 2 aromatic rings. The van der Waals surface area contributed by atoms with Crippen molar-refractivity contribution in [3.8, 4) is 11.5 Å². The molecule has 1 unspecified atom stereocenters. The number of benzene rings is 2. The Balaban J connectivity index is 1.85. The number of rotatable bonds is 4. The molecule has 3 rings (SSSR count). The van der Waals surface area contributed by atoms with Gasteiger partial charge in [-0.1, -0.05) is 42.3 Å². The van der Waals surface area contributed by atoms with Gasteiger partial charge in [-0.2, -0.15) is 0 Å². The minimum Gasteiger partial charge on any atom is -0.455 e. The van der Waals surface area contributed by atoms with Crippen LogP contribution < -0.4 is 10.5 Å². The molecular weight excluding hydrogens is 359 g/mol. The summed E-state index contributed by atoms with van der Waals surface area (Å²) >= 11 is 12.1. The van der Waals surface area contributed by atoms with E-state index in [4.69, 9.17) is 33.7 Å². The van der Waals surface area contributed by atoms with E-state index in [1.807, 2.05) is 17.0 Å². The van der Waals surface area contributed by atoms with Gasteiger partial charge in [0.1, 0.15) is 11.5 Å². The standard InChI is InChI=1S/C19H20Cl2N2O2/c1-19(11-22)8-9-23(12-19)18(24)14-4-2-3-5-16(14)25-17-7-6-13(20)10-15(17)21/h2-7,10H,8-9,11-12,22H2,1H3. The Kier molecular flexibility index (Phi) is 5.23. The van der Waals surface area contributed by atoms with E-state index in [0.29, 0.717) is 46.7 Å². The first kappa shape index (κ1) is 18.1. The minimum absolute atomic E-state index is 0.0229. The van der Waals surface area contributed by atoms with Crippen LogP contribution in [0.3, 0.4) is 0 Å². The number of likely N-dealkylation sites (tertiary alicyclic amines) is 1. The van der Waals surface area contributed by atoms with Crippen molar-refractivity contribution in [3.05, 3.63) is 58.1 Å². The largest absolute Gasteiger partial charge is 0.455 e. The first-order valence-corrected chi connectivity index (χ1v) is 8.89. The summed E-state index contributed by atoms with van der Waals surface area (Å²) in [5.74, 6) is 0.871. The third-order valence-corrected chi connectivity index (χ3v) is 5.10. The maximum atomic E-state index is 13.0. The van der Waals surface area contributed by atoms with Crippen LogP contribution in [-0.2, 0) is 0 Å². The predicted molar refractivity (Wildman–Crippen MR) is 101 cm³/mol. The van der Waals surface area contributed by atoms with Gasteiger partial charge in [0.15, 0.2) is 0 Å². The molecule has 0 bridgehead atoms. The molecule has 4 nitrogen and oxygen atoms in total. The zero-order valence-corrected chi connectivity index (χ0v) is 15.5. The molecule has 2 N–H and O–H groups in total. The second kappa shape index (κ2) is 7.24. The SMILES string of the molecule is CC1(CN)CCN(C(=O)c2ccccc2Oc2ccc(Cl)cc2Cl)C1. The smallest absolute Gasteiger partial charge is 0.257 e. The zero-order valence-electron chi connectivity index (χ0n) is 14.0. The molecule has 1 atom stereocenters. The van der Waals surface area contributed by atoms with Gasteiger partial charge in [0.25, 0.3) is 5.91 Å². The first-order chi connectivity index (χ1) is 11.9. The first-order valence-electron chi connectivity index (χ1n) is 8.13. The van der Waals surface area contributed by atoms with Crippen molar-refractivity contribution in [3.63, 3.8) is 0 Å². The van der Waals surface area contributed by atoms with Gasteiger partial charge < -0.3 is 15.4 Å². The Hall–Kier alpha value is -1.75. The molecule has 0 spiro atoms. The van der Waals surface area contributed by atoms with Crippen molar-refractivity contribution in [2.24, 2.45) is 11.1 Å². The molecule has 0 aromatic heterocycles. The lowest BCUT2D eigenvalue weighted by atomic mass is 9.90. The number of para-hydroxylation sites is 1. The monoisotopic (exact) mass is 378 g/mol. The fourth-order valence-electron chi connectivity index (χ4n) is 2.94. The molecule has 132 valence electrons. The normalized spacial score (nSPS) is 19.9. The molecule has 1 heterocycles. The molecule has 0 aliphatic carbocycles. The summed E-state index contributed by atoms with van der Waals surface area (Å²) in [6.45, 7) is 4.02. The van der Waals surface area contributed by atoms with E-state index >= 15 is 0 Å². The van der Waals surface area contributed by atoms with Crippen LogP contribution in [0.15, 0.2) is 42.5 Å². The third kappa shape index (κ3) is 3.92. The summed E-state index contributed by atoms with van der Waals surface area (Å²) in [7, 11) is 0. The van der Waals surface area contributed by atoms with Gasteiger partial charge in [-0.15, -0.1) is 0 Å². The predicted octanol–water partition coefficient (Wildman–Crippen LogP) is 4.60. The lowest BCUT2D eigenvalue weighted by Gasteiger charge is -2.23. The molecular formula is C19H20Cl2N2O2. The van der Waals surface area contributed by atoms with Gasteiger partial charge in [0.2, 0.25) is 0 Å². The van der Waals surface area contributed by atoms with Crippen molar-refractivity contribution < 1.29 is 9.53 Å². The molecule has 1 aliphatic rings. The summed E-state index contributed by atoms with van der Waals surface area (Å²) < 4.78 is 5.89. The van der Waals surface area contributed by atoms with Crippen molar-refractivity contribution in [2.75, 3.05) is 19.6 Å². The van der Waals surface area contributed by atoms with Crippen molar-refractivity contribution in [2.45, 2.75) is 13.3 Å². The number of carbonyl (C=O) groups is 1. The van der Waals surface area contributed by atoms with Gasteiger partial charge >= 0.3 is 0 Å². The van der Waals surface area contributed by atoms with Crippen LogP contribution in [0.1, 0.15) is 23.7 Å². The van der Waals surface area contributed by atoms with Gasteiger partial charge in [-0.05, 0) is 48.7 Å². The highest BCUT2D eigenvalue weighted by Crippen LogP contribution is 2.35. The van der Waals surface area contributed by atoms with E-state index in [1.54, 1.807) is 30.3 Å². The molecule has 0 radical (unpaired) electrons. The van der Waals surface area contributed by atoms with Crippen LogP contribution in [0.4, 0.5) is 0 Å². The van der Waals surface area contributed by atoms with E-state index in [-0.39, 0.29) is 11.3 Å². The number of hydrogen-bond acceptors (Lipinski definition) is 3. The lowest BCUT2D eigenvalue weighted by molar-refractivity contribution is 0.0774. The second-order valence-corrected chi connectivity index (χ2v) is 7.51. The summed E-state index contributed by atoms with van der Waals surface area (Å²) in [5.41, 5.74) is 6.33. The summed E-state index contributed by atoms with van der Waals surface area (Å²) in [4.78, 5) is 14.8. The van der Waals surface area contributed by atoms with E-state index in [1.165, 1.54) is 0 Å². The molecule has 2 aromatic carbocycles. The fraction of sp³-hybridized carbons (Fsp3) is 0.316.